The molecule has 2 aromatic carbocycles. The fraction of sp³-hybridized carbons (Fsp3) is 0.292. The zero-order chi connectivity index (χ0) is 22.8. The largest absolute Gasteiger partial charge is 0.488 e. The summed E-state index contributed by atoms with van der Waals surface area (Å²) in [6, 6.07) is 11.7. The summed E-state index contributed by atoms with van der Waals surface area (Å²) in [5, 5.41) is 4.27. The van der Waals surface area contributed by atoms with Crippen molar-refractivity contribution in [2.24, 2.45) is 0 Å². The van der Waals surface area contributed by atoms with Crippen LogP contribution in [0.25, 0.3) is 0 Å². The molecule has 1 aliphatic heterocycles. The molecule has 0 N–H and O–H groups in total. The predicted molar refractivity (Wildman–Crippen MR) is 115 cm³/mol. The molecule has 0 saturated heterocycles. The number of nitrogens with zero attached hydrogens (tertiary/aromatic N) is 3. The van der Waals surface area contributed by atoms with Gasteiger partial charge in [-0.3, -0.25) is 14.3 Å². The molecule has 4 rings (SSSR count). The Bertz CT molecular complexity index is 1170. The third kappa shape index (κ3) is 3.88. The Labute approximate surface area is 184 Å². The van der Waals surface area contributed by atoms with Crippen molar-refractivity contribution in [3.8, 4) is 5.75 Å². The molecule has 1 amide bonds. The summed E-state index contributed by atoms with van der Waals surface area (Å²) >= 11 is 0. The number of aromatic nitrogens is 2. The summed E-state index contributed by atoms with van der Waals surface area (Å²) in [6.07, 6.45) is 1.12. The smallest absolute Gasteiger partial charge is 0.276 e. The van der Waals surface area contributed by atoms with Crippen LogP contribution in [0.1, 0.15) is 47.4 Å². The Kier molecular flexibility index (Phi) is 6.03. The molecule has 0 bridgehead atoms. The molecule has 1 unspecified atom stereocenters. The number of ether oxygens (including phenoxy) is 1. The molecule has 166 valence electrons. The fourth-order valence-corrected chi connectivity index (χ4v) is 4.27. The van der Waals surface area contributed by atoms with E-state index in [1.54, 1.807) is 36.1 Å². The minimum atomic E-state index is -0.535. The van der Waals surface area contributed by atoms with E-state index in [0.29, 0.717) is 17.7 Å². The summed E-state index contributed by atoms with van der Waals surface area (Å²) in [7, 11) is 0. The van der Waals surface area contributed by atoms with Crippen LogP contribution in [0.5, 0.6) is 5.75 Å². The lowest BCUT2D eigenvalue weighted by Gasteiger charge is -2.39. The first-order valence-electron chi connectivity index (χ1n) is 10.5. The zero-order valence-corrected chi connectivity index (χ0v) is 17.8. The number of halogens is 2. The second-order valence-electron chi connectivity index (χ2n) is 7.56. The second-order valence-corrected chi connectivity index (χ2v) is 7.56. The summed E-state index contributed by atoms with van der Waals surface area (Å²) in [4.78, 5) is 27.2. The Morgan fingerprint density at radius 3 is 2.22 bits per heavy atom. The number of hydrogen-bond donors (Lipinski definition) is 0. The Balaban J connectivity index is 1.98. The topological polar surface area (TPSA) is 64.4 Å². The summed E-state index contributed by atoms with van der Waals surface area (Å²) in [5.41, 5.74) is 0.775. The fourth-order valence-electron chi connectivity index (χ4n) is 4.27. The van der Waals surface area contributed by atoms with Gasteiger partial charge in [0, 0.05) is 19.0 Å². The number of fused-ring (bicyclic) bond motifs is 1. The van der Waals surface area contributed by atoms with Crippen LogP contribution in [0, 0.1) is 11.6 Å². The van der Waals surface area contributed by atoms with Gasteiger partial charge in [0.25, 0.3) is 5.91 Å². The molecule has 2 heterocycles. The van der Waals surface area contributed by atoms with E-state index in [4.69, 9.17) is 4.74 Å². The number of amides is 1. The number of hydrogen-bond acceptors (Lipinski definition) is 4. The molecular formula is C24H23F2N3O3. The van der Waals surface area contributed by atoms with Crippen molar-refractivity contribution in [2.45, 2.75) is 25.8 Å². The second kappa shape index (κ2) is 8.90. The Hall–Kier alpha value is -3.55. The van der Waals surface area contributed by atoms with Gasteiger partial charge in [0.15, 0.2) is 11.4 Å². The summed E-state index contributed by atoms with van der Waals surface area (Å²) in [6.45, 7) is 4.40. The molecular weight excluding hydrogens is 416 g/mol. The van der Waals surface area contributed by atoms with Crippen molar-refractivity contribution in [1.29, 1.82) is 0 Å². The highest BCUT2D eigenvalue weighted by Crippen LogP contribution is 2.39. The first-order valence-corrected chi connectivity index (χ1v) is 10.5. The quantitative estimate of drug-likeness (QED) is 0.587. The molecule has 0 radical (unpaired) electrons. The van der Waals surface area contributed by atoms with Gasteiger partial charge in [-0.15, -0.1) is 0 Å². The highest BCUT2D eigenvalue weighted by Gasteiger charge is 2.39. The van der Waals surface area contributed by atoms with Crippen LogP contribution in [-0.4, -0.2) is 40.3 Å². The Morgan fingerprint density at radius 1 is 1.06 bits per heavy atom. The third-order valence-corrected chi connectivity index (χ3v) is 5.65. The van der Waals surface area contributed by atoms with Crippen molar-refractivity contribution in [3.63, 3.8) is 0 Å². The molecule has 0 aliphatic carbocycles. The van der Waals surface area contributed by atoms with Gasteiger partial charge in [-0.25, -0.2) is 8.78 Å². The van der Waals surface area contributed by atoms with E-state index < -0.39 is 29.0 Å². The van der Waals surface area contributed by atoms with Crippen LogP contribution in [0.15, 0.2) is 59.5 Å². The highest BCUT2D eigenvalue weighted by molar-refractivity contribution is 5.95. The maximum atomic E-state index is 14.2. The van der Waals surface area contributed by atoms with Crippen molar-refractivity contribution < 1.29 is 18.3 Å². The number of benzene rings is 2. The van der Waals surface area contributed by atoms with E-state index in [1.807, 2.05) is 6.92 Å². The molecule has 32 heavy (non-hydrogen) atoms. The van der Waals surface area contributed by atoms with E-state index >= 15 is 0 Å². The van der Waals surface area contributed by atoms with Gasteiger partial charge >= 0.3 is 0 Å². The van der Waals surface area contributed by atoms with Gasteiger partial charge in [0.2, 0.25) is 5.43 Å². The normalized spacial score (nSPS) is 15.7. The minimum absolute atomic E-state index is 0.0512. The molecule has 1 aromatic heterocycles. The van der Waals surface area contributed by atoms with Gasteiger partial charge in [0.1, 0.15) is 11.6 Å². The standard InChI is InChI=1S/C24H23F2N3O3/c1-3-28-14-19(29-22(24(28)31)23(32-4-2)20(30)13-27-29)21(15-7-5-9-17(25)11-15)16-8-6-10-18(26)12-16/h5-13,19,21H,3-4,14H2,1-2H3. The molecule has 6 nitrogen and oxygen atoms in total. The number of carbonyl (C=O) groups is 1. The molecule has 0 fully saturated rings. The van der Waals surface area contributed by atoms with Crippen LogP contribution >= 0.6 is 0 Å². The van der Waals surface area contributed by atoms with Gasteiger partial charge in [0.05, 0.1) is 18.8 Å². The number of likely N-dealkylation sites (N-methyl/N-ethyl adjacent to an activating group) is 1. The predicted octanol–water partition coefficient (Wildman–Crippen LogP) is 3.77. The van der Waals surface area contributed by atoms with Crippen LogP contribution in [0.3, 0.4) is 0 Å². The molecule has 1 aliphatic rings. The lowest BCUT2D eigenvalue weighted by Crippen LogP contribution is -2.47. The van der Waals surface area contributed by atoms with E-state index in [9.17, 15) is 18.4 Å². The molecule has 8 heteroatoms. The lowest BCUT2D eigenvalue weighted by molar-refractivity contribution is 0.0643. The lowest BCUT2D eigenvalue weighted by atomic mass is 9.83. The monoisotopic (exact) mass is 439 g/mol. The first kappa shape index (κ1) is 21.7. The summed E-state index contributed by atoms with van der Waals surface area (Å²) < 4.78 is 35.4. The average molecular weight is 439 g/mol. The van der Waals surface area contributed by atoms with Crippen molar-refractivity contribution in [2.75, 3.05) is 19.7 Å². The van der Waals surface area contributed by atoms with Crippen molar-refractivity contribution in [1.82, 2.24) is 14.7 Å². The zero-order valence-electron chi connectivity index (χ0n) is 17.8. The maximum absolute atomic E-state index is 14.2. The molecule has 0 spiro atoms. The van der Waals surface area contributed by atoms with Gasteiger partial charge in [-0.1, -0.05) is 24.3 Å². The SMILES string of the molecule is CCOc1c2n(ncc1=O)C(C(c1cccc(F)c1)c1cccc(F)c1)CN(CC)C2=O. The van der Waals surface area contributed by atoms with E-state index in [1.165, 1.54) is 28.9 Å². The van der Waals surface area contributed by atoms with E-state index in [0.717, 1.165) is 6.20 Å². The van der Waals surface area contributed by atoms with E-state index in [2.05, 4.69) is 5.10 Å². The van der Waals surface area contributed by atoms with Crippen LogP contribution in [0.2, 0.25) is 0 Å². The van der Waals surface area contributed by atoms with Crippen LogP contribution < -0.4 is 10.2 Å². The van der Waals surface area contributed by atoms with Crippen LogP contribution in [0.4, 0.5) is 8.78 Å². The molecule has 0 saturated carbocycles. The van der Waals surface area contributed by atoms with Crippen LogP contribution in [-0.2, 0) is 0 Å². The van der Waals surface area contributed by atoms with Crippen molar-refractivity contribution >= 4 is 5.91 Å². The number of rotatable bonds is 6. The maximum Gasteiger partial charge on any atom is 0.276 e. The van der Waals surface area contributed by atoms with Crippen molar-refractivity contribution in [3.05, 3.63) is 93.4 Å². The van der Waals surface area contributed by atoms with Gasteiger partial charge in [-0.05, 0) is 49.2 Å². The highest BCUT2D eigenvalue weighted by atomic mass is 19.1. The first-order chi connectivity index (χ1) is 15.4. The minimum Gasteiger partial charge on any atom is -0.488 e. The number of carbonyl (C=O) groups excluding carboxylic acids is 1. The average Bonchev–Trinajstić information content (AvgIpc) is 2.77. The third-order valence-electron chi connectivity index (χ3n) is 5.65. The summed E-state index contributed by atoms with van der Waals surface area (Å²) in [5.74, 6) is -1.81. The van der Waals surface area contributed by atoms with Gasteiger partial charge < -0.3 is 9.64 Å². The van der Waals surface area contributed by atoms with Gasteiger partial charge in [-0.2, -0.15) is 5.10 Å². The molecule has 3 aromatic rings. The molecule has 1 atom stereocenters. The van der Waals surface area contributed by atoms with E-state index in [-0.39, 0.29) is 30.5 Å². The Morgan fingerprint density at radius 2 is 1.69 bits per heavy atom.